The van der Waals surface area contributed by atoms with Crippen molar-refractivity contribution in [1.29, 1.82) is 0 Å². The molecule has 0 aromatic heterocycles. The Bertz CT molecular complexity index is 1230. The molecule has 0 aromatic rings. The fraction of sp³-hybridized carbons (Fsp3) is 0.831. The van der Waals surface area contributed by atoms with Gasteiger partial charge in [0.25, 0.3) is 0 Å². The number of esters is 3. The van der Waals surface area contributed by atoms with Gasteiger partial charge in [-0.05, 0) is 83.5 Å². The highest BCUT2D eigenvalue weighted by Crippen LogP contribution is 2.17. The van der Waals surface area contributed by atoms with E-state index in [9.17, 15) is 14.4 Å². The van der Waals surface area contributed by atoms with Gasteiger partial charge in [0.15, 0.2) is 6.10 Å². The van der Waals surface area contributed by atoms with Gasteiger partial charge in [0.2, 0.25) is 0 Å². The zero-order chi connectivity index (χ0) is 51.4. The molecule has 1 atom stereocenters. The lowest BCUT2D eigenvalue weighted by Crippen LogP contribution is -2.30. The summed E-state index contributed by atoms with van der Waals surface area (Å²) in [6, 6.07) is 0. The number of hydrogen-bond donors (Lipinski definition) is 0. The van der Waals surface area contributed by atoms with Crippen LogP contribution in [0.1, 0.15) is 329 Å². The molecule has 0 aliphatic rings. The molecule has 0 rings (SSSR count). The van der Waals surface area contributed by atoms with Gasteiger partial charge < -0.3 is 14.2 Å². The molecule has 1 unspecified atom stereocenters. The number of carbonyl (C=O) groups is 3. The van der Waals surface area contributed by atoms with E-state index >= 15 is 0 Å². The molecule has 414 valence electrons. The lowest BCUT2D eigenvalue weighted by Gasteiger charge is -2.18. The Hall–Kier alpha value is -2.63. The van der Waals surface area contributed by atoms with Crippen LogP contribution in [0.2, 0.25) is 0 Å². The smallest absolute Gasteiger partial charge is 0.306 e. The Balaban J connectivity index is 4.01. The molecule has 0 fully saturated rings. The van der Waals surface area contributed by atoms with E-state index < -0.39 is 6.10 Å². The fourth-order valence-electron chi connectivity index (χ4n) is 9.09. The first-order valence-electron chi connectivity index (χ1n) is 31.1. The summed E-state index contributed by atoms with van der Waals surface area (Å²) in [5.74, 6) is -0.881. The molecule has 0 aromatic carbocycles. The standard InChI is InChI=1S/C65H118O6/c1-4-7-10-13-16-18-20-22-24-25-26-27-28-29-30-31-32-33-34-35-36-37-38-39-41-42-44-46-49-52-55-58-64(67)70-61-62(60-69-63(66)57-54-51-48-15-12-9-6-3)71-65(68)59-56-53-50-47-45-43-40-23-21-19-17-14-11-8-5-2/h17,19-20,22-23,25-26,40,62H,4-16,18,21,24,27-39,41-61H2,1-3H3/b19-17-,22-20-,26-25-,40-23-. The van der Waals surface area contributed by atoms with Crippen molar-refractivity contribution in [1.82, 2.24) is 0 Å². The first-order chi connectivity index (χ1) is 35.0. The Labute approximate surface area is 441 Å². The largest absolute Gasteiger partial charge is 0.462 e. The second-order valence-electron chi connectivity index (χ2n) is 21.0. The second kappa shape index (κ2) is 59.9. The second-order valence-corrected chi connectivity index (χ2v) is 21.0. The van der Waals surface area contributed by atoms with Crippen LogP contribution in [-0.2, 0) is 28.6 Å². The van der Waals surface area contributed by atoms with Gasteiger partial charge in [-0.3, -0.25) is 14.4 Å². The van der Waals surface area contributed by atoms with Crippen LogP contribution < -0.4 is 0 Å². The molecule has 6 nitrogen and oxygen atoms in total. The summed E-state index contributed by atoms with van der Waals surface area (Å²) in [6.45, 7) is 6.58. The van der Waals surface area contributed by atoms with E-state index in [0.717, 1.165) is 89.9 Å². The molecule has 0 amide bonds. The van der Waals surface area contributed by atoms with Crippen LogP contribution in [0.4, 0.5) is 0 Å². The topological polar surface area (TPSA) is 78.9 Å². The van der Waals surface area contributed by atoms with E-state index in [1.807, 2.05) is 0 Å². The Kier molecular flexibility index (Phi) is 57.7. The molecule has 0 saturated carbocycles. The number of hydrogen-bond acceptors (Lipinski definition) is 6. The molecule has 71 heavy (non-hydrogen) atoms. The summed E-state index contributed by atoms with van der Waals surface area (Å²) in [5.41, 5.74) is 0. The van der Waals surface area contributed by atoms with E-state index in [-0.39, 0.29) is 31.1 Å². The quantitative estimate of drug-likeness (QED) is 0.0261. The molecule has 0 spiro atoms. The van der Waals surface area contributed by atoms with E-state index in [1.54, 1.807) is 0 Å². The van der Waals surface area contributed by atoms with Gasteiger partial charge in [-0.1, -0.05) is 275 Å². The maximum Gasteiger partial charge on any atom is 0.306 e. The Morgan fingerprint density at radius 3 is 0.803 bits per heavy atom. The molecule has 0 heterocycles. The number of unbranched alkanes of at least 4 members (excludes halogenated alkanes) is 38. The maximum absolute atomic E-state index is 12.8. The van der Waals surface area contributed by atoms with Crippen LogP contribution in [0, 0.1) is 0 Å². The third kappa shape index (κ3) is 58.1. The summed E-state index contributed by atoms with van der Waals surface area (Å²) < 4.78 is 16.8. The number of ether oxygens (including phenoxy) is 3. The van der Waals surface area contributed by atoms with E-state index in [1.165, 1.54) is 199 Å². The zero-order valence-electron chi connectivity index (χ0n) is 47.5. The Morgan fingerprint density at radius 2 is 0.507 bits per heavy atom. The highest BCUT2D eigenvalue weighted by Gasteiger charge is 2.19. The zero-order valence-corrected chi connectivity index (χ0v) is 47.5. The summed E-state index contributed by atoms with van der Waals surface area (Å²) in [4.78, 5) is 38.0. The predicted molar refractivity (Wildman–Crippen MR) is 307 cm³/mol. The molecule has 0 saturated heterocycles. The third-order valence-electron chi connectivity index (χ3n) is 13.8. The predicted octanol–water partition coefficient (Wildman–Crippen LogP) is 21.0. The van der Waals surface area contributed by atoms with Crippen LogP contribution in [0.3, 0.4) is 0 Å². The van der Waals surface area contributed by atoms with Crippen molar-refractivity contribution >= 4 is 17.9 Å². The van der Waals surface area contributed by atoms with Crippen molar-refractivity contribution < 1.29 is 28.6 Å². The van der Waals surface area contributed by atoms with Gasteiger partial charge in [-0.25, -0.2) is 0 Å². The van der Waals surface area contributed by atoms with Gasteiger partial charge in [0.1, 0.15) is 13.2 Å². The van der Waals surface area contributed by atoms with Crippen LogP contribution >= 0.6 is 0 Å². The molecule has 0 radical (unpaired) electrons. The lowest BCUT2D eigenvalue weighted by molar-refractivity contribution is -0.167. The highest BCUT2D eigenvalue weighted by molar-refractivity contribution is 5.71. The summed E-state index contributed by atoms with van der Waals surface area (Å²) in [5, 5.41) is 0. The first-order valence-corrected chi connectivity index (χ1v) is 31.1. The molecule has 6 heteroatoms. The summed E-state index contributed by atoms with van der Waals surface area (Å²) >= 11 is 0. The van der Waals surface area contributed by atoms with Crippen molar-refractivity contribution in [3.05, 3.63) is 48.6 Å². The van der Waals surface area contributed by atoms with E-state index in [2.05, 4.69) is 69.4 Å². The van der Waals surface area contributed by atoms with Gasteiger partial charge in [-0.2, -0.15) is 0 Å². The van der Waals surface area contributed by atoms with Crippen molar-refractivity contribution in [3.8, 4) is 0 Å². The van der Waals surface area contributed by atoms with Gasteiger partial charge in [0.05, 0.1) is 0 Å². The van der Waals surface area contributed by atoms with Crippen molar-refractivity contribution in [2.75, 3.05) is 13.2 Å². The van der Waals surface area contributed by atoms with Gasteiger partial charge >= 0.3 is 17.9 Å². The van der Waals surface area contributed by atoms with Crippen molar-refractivity contribution in [3.63, 3.8) is 0 Å². The average molecular weight is 996 g/mol. The first kappa shape index (κ1) is 68.4. The number of allylic oxidation sites excluding steroid dienone is 8. The third-order valence-corrected chi connectivity index (χ3v) is 13.8. The molecule has 0 aliphatic heterocycles. The van der Waals surface area contributed by atoms with Crippen LogP contribution in [0.15, 0.2) is 48.6 Å². The SMILES string of the molecule is CCCCC/C=C\C/C=C\CCCCCCCC(=O)OC(COC(=O)CCCCCCCCC)COC(=O)CCCCCCCCCCCCCCCCCCCCC/C=C\C/C=C\CCCCCCC. The molecular weight excluding hydrogens is 877 g/mol. The van der Waals surface area contributed by atoms with Crippen LogP contribution in [-0.4, -0.2) is 37.2 Å². The minimum Gasteiger partial charge on any atom is -0.462 e. The van der Waals surface area contributed by atoms with Crippen molar-refractivity contribution in [2.24, 2.45) is 0 Å². The van der Waals surface area contributed by atoms with Crippen molar-refractivity contribution in [2.45, 2.75) is 335 Å². The van der Waals surface area contributed by atoms with E-state index in [0.29, 0.717) is 19.3 Å². The molecular formula is C65H118O6. The van der Waals surface area contributed by atoms with Gasteiger partial charge in [0, 0.05) is 19.3 Å². The summed E-state index contributed by atoms with van der Waals surface area (Å²) in [7, 11) is 0. The van der Waals surface area contributed by atoms with Crippen LogP contribution in [0.25, 0.3) is 0 Å². The normalized spacial score (nSPS) is 12.3. The monoisotopic (exact) mass is 995 g/mol. The highest BCUT2D eigenvalue weighted by atomic mass is 16.6. The fourth-order valence-corrected chi connectivity index (χ4v) is 9.09. The number of rotatable bonds is 57. The Morgan fingerprint density at radius 1 is 0.282 bits per heavy atom. The molecule has 0 N–H and O–H groups in total. The summed E-state index contributed by atoms with van der Waals surface area (Å²) in [6.07, 6.45) is 74.4. The molecule has 0 bridgehead atoms. The lowest BCUT2D eigenvalue weighted by atomic mass is 10.0. The van der Waals surface area contributed by atoms with Crippen LogP contribution in [0.5, 0.6) is 0 Å². The minimum absolute atomic E-state index is 0.0751. The van der Waals surface area contributed by atoms with Gasteiger partial charge in [-0.15, -0.1) is 0 Å². The maximum atomic E-state index is 12.8. The minimum atomic E-state index is -0.775. The average Bonchev–Trinajstić information content (AvgIpc) is 3.37. The number of carbonyl (C=O) groups excluding carboxylic acids is 3. The van der Waals surface area contributed by atoms with E-state index in [4.69, 9.17) is 14.2 Å². The molecule has 0 aliphatic carbocycles.